The van der Waals surface area contributed by atoms with Crippen molar-refractivity contribution in [2.45, 2.75) is 46.2 Å². The van der Waals surface area contributed by atoms with Gasteiger partial charge in [0.15, 0.2) is 0 Å². The van der Waals surface area contributed by atoms with Crippen molar-refractivity contribution in [3.05, 3.63) is 94.5 Å². The number of ether oxygens (including phenoxy) is 1. The SMILES string of the molecule is COc1ccc(C2C(C(=O)N(Cc3cccc(Cl)c3)CC(C)C)CCC(=O)N2c2ccc(C)cc2)cc1. The van der Waals surface area contributed by atoms with Crippen LogP contribution >= 0.6 is 11.6 Å². The van der Waals surface area contributed by atoms with E-state index in [1.54, 1.807) is 7.11 Å². The fourth-order valence-electron chi connectivity index (χ4n) is 5.11. The number of nitrogens with zero attached hydrogens (tertiary/aromatic N) is 2. The van der Waals surface area contributed by atoms with Crippen LogP contribution in [0.2, 0.25) is 5.02 Å². The lowest BCUT2D eigenvalue weighted by Gasteiger charge is -2.42. The lowest BCUT2D eigenvalue weighted by molar-refractivity contribution is -0.139. The second-order valence-corrected chi connectivity index (χ2v) is 10.6. The van der Waals surface area contributed by atoms with E-state index < -0.39 is 6.04 Å². The van der Waals surface area contributed by atoms with Crippen molar-refractivity contribution >= 4 is 29.1 Å². The molecule has 0 N–H and O–H groups in total. The van der Waals surface area contributed by atoms with Gasteiger partial charge in [-0.25, -0.2) is 0 Å². The van der Waals surface area contributed by atoms with E-state index in [9.17, 15) is 9.59 Å². The van der Waals surface area contributed by atoms with Crippen molar-refractivity contribution in [3.8, 4) is 5.75 Å². The summed E-state index contributed by atoms with van der Waals surface area (Å²) in [5.74, 6) is 0.724. The molecule has 4 rings (SSSR count). The van der Waals surface area contributed by atoms with Crippen LogP contribution in [0.3, 0.4) is 0 Å². The standard InChI is InChI=1S/C31H35ClN2O3/c1-21(2)19-33(20-23-6-5-7-25(32)18-23)31(36)28-16-17-29(35)34(26-12-8-22(3)9-13-26)30(28)24-10-14-27(37-4)15-11-24/h5-15,18,21,28,30H,16-17,19-20H2,1-4H3. The van der Waals surface area contributed by atoms with E-state index >= 15 is 0 Å². The normalized spacial score (nSPS) is 17.7. The molecule has 2 amide bonds. The Bertz CT molecular complexity index is 1220. The van der Waals surface area contributed by atoms with Crippen molar-refractivity contribution in [3.63, 3.8) is 0 Å². The third-order valence-corrected chi connectivity index (χ3v) is 7.08. The number of amides is 2. The molecule has 2 atom stereocenters. The summed E-state index contributed by atoms with van der Waals surface area (Å²) in [4.78, 5) is 31.4. The van der Waals surface area contributed by atoms with Gasteiger partial charge < -0.3 is 14.5 Å². The predicted molar refractivity (Wildman–Crippen MR) is 149 cm³/mol. The molecule has 37 heavy (non-hydrogen) atoms. The van der Waals surface area contributed by atoms with Crippen molar-refractivity contribution in [2.24, 2.45) is 11.8 Å². The largest absolute Gasteiger partial charge is 0.497 e. The lowest BCUT2D eigenvalue weighted by atomic mass is 9.82. The van der Waals surface area contributed by atoms with Crippen molar-refractivity contribution in [1.82, 2.24) is 4.90 Å². The van der Waals surface area contributed by atoms with E-state index in [4.69, 9.17) is 16.3 Å². The van der Waals surface area contributed by atoms with Gasteiger partial charge in [0, 0.05) is 30.2 Å². The van der Waals surface area contributed by atoms with Crippen LogP contribution in [-0.2, 0) is 16.1 Å². The average molecular weight is 519 g/mol. The van der Waals surface area contributed by atoms with Crippen LogP contribution in [0.25, 0.3) is 0 Å². The Kier molecular flexibility index (Phi) is 8.55. The third-order valence-electron chi connectivity index (χ3n) is 6.84. The highest BCUT2D eigenvalue weighted by Crippen LogP contribution is 2.41. The molecule has 0 bridgehead atoms. The minimum Gasteiger partial charge on any atom is -0.497 e. The van der Waals surface area contributed by atoms with E-state index in [2.05, 4.69) is 13.8 Å². The van der Waals surface area contributed by atoms with E-state index in [-0.39, 0.29) is 17.7 Å². The van der Waals surface area contributed by atoms with Gasteiger partial charge in [-0.2, -0.15) is 0 Å². The fraction of sp³-hybridized carbons (Fsp3) is 0.355. The number of piperidine rings is 1. The molecule has 194 valence electrons. The smallest absolute Gasteiger partial charge is 0.228 e. The number of aryl methyl sites for hydroxylation is 1. The Morgan fingerprint density at radius 2 is 1.78 bits per heavy atom. The predicted octanol–water partition coefficient (Wildman–Crippen LogP) is 6.83. The summed E-state index contributed by atoms with van der Waals surface area (Å²) in [6.07, 6.45) is 0.824. The Hall–Kier alpha value is -3.31. The van der Waals surface area contributed by atoms with Gasteiger partial charge in [0.25, 0.3) is 0 Å². The number of carbonyl (C=O) groups excluding carboxylic acids is 2. The van der Waals surface area contributed by atoms with Gasteiger partial charge in [-0.1, -0.05) is 67.4 Å². The zero-order valence-electron chi connectivity index (χ0n) is 22.0. The second-order valence-electron chi connectivity index (χ2n) is 10.2. The molecule has 5 nitrogen and oxygen atoms in total. The van der Waals surface area contributed by atoms with E-state index in [1.165, 1.54) is 0 Å². The topological polar surface area (TPSA) is 49.9 Å². The Balaban J connectivity index is 1.75. The van der Waals surface area contributed by atoms with Crippen LogP contribution in [-0.4, -0.2) is 30.4 Å². The maximum Gasteiger partial charge on any atom is 0.228 e. The maximum atomic E-state index is 14.3. The summed E-state index contributed by atoms with van der Waals surface area (Å²) in [5.41, 5.74) is 3.83. The molecule has 2 unspecified atom stereocenters. The third kappa shape index (κ3) is 6.34. The average Bonchev–Trinajstić information content (AvgIpc) is 2.88. The van der Waals surface area contributed by atoms with Crippen LogP contribution in [0.1, 0.15) is 49.4 Å². The highest BCUT2D eigenvalue weighted by Gasteiger charge is 2.43. The van der Waals surface area contributed by atoms with E-state index in [0.717, 1.165) is 28.1 Å². The quantitative estimate of drug-likeness (QED) is 0.328. The van der Waals surface area contributed by atoms with Gasteiger partial charge >= 0.3 is 0 Å². The number of hydrogen-bond donors (Lipinski definition) is 0. The second kappa shape index (κ2) is 11.8. The van der Waals surface area contributed by atoms with E-state index in [1.807, 2.05) is 89.5 Å². The highest BCUT2D eigenvalue weighted by atomic mass is 35.5. The van der Waals surface area contributed by atoms with Gasteiger partial charge in [-0.05, 0) is 66.8 Å². The number of carbonyl (C=O) groups is 2. The van der Waals surface area contributed by atoms with Crippen molar-refractivity contribution in [1.29, 1.82) is 0 Å². The zero-order valence-corrected chi connectivity index (χ0v) is 22.7. The molecule has 0 spiro atoms. The van der Waals surface area contributed by atoms with Crippen LogP contribution in [0.5, 0.6) is 5.75 Å². The Labute approximate surface area is 225 Å². The number of methoxy groups -OCH3 is 1. The zero-order chi connectivity index (χ0) is 26.5. The molecule has 1 saturated heterocycles. The van der Waals surface area contributed by atoms with Gasteiger partial charge in [0.05, 0.1) is 19.1 Å². The first-order valence-electron chi connectivity index (χ1n) is 12.8. The number of hydrogen-bond acceptors (Lipinski definition) is 3. The molecule has 3 aromatic rings. The number of halogens is 1. The van der Waals surface area contributed by atoms with Gasteiger partial charge in [-0.3, -0.25) is 9.59 Å². The molecular weight excluding hydrogens is 484 g/mol. The summed E-state index contributed by atoms with van der Waals surface area (Å²) in [5, 5.41) is 0.652. The summed E-state index contributed by atoms with van der Waals surface area (Å²) >= 11 is 6.25. The number of anilines is 1. The lowest BCUT2D eigenvalue weighted by Crippen LogP contribution is -2.49. The molecule has 0 saturated carbocycles. The summed E-state index contributed by atoms with van der Waals surface area (Å²) in [6.45, 7) is 7.34. The van der Waals surface area contributed by atoms with Crippen molar-refractivity contribution in [2.75, 3.05) is 18.6 Å². The summed E-state index contributed by atoms with van der Waals surface area (Å²) in [7, 11) is 1.63. The summed E-state index contributed by atoms with van der Waals surface area (Å²) < 4.78 is 5.37. The minimum absolute atomic E-state index is 0.0268. The molecule has 1 fully saturated rings. The first-order valence-corrected chi connectivity index (χ1v) is 13.2. The molecule has 1 aliphatic heterocycles. The minimum atomic E-state index is -0.420. The number of rotatable bonds is 8. The van der Waals surface area contributed by atoms with Crippen LogP contribution in [0, 0.1) is 18.8 Å². The van der Waals surface area contributed by atoms with Crippen LogP contribution in [0.15, 0.2) is 72.8 Å². The fourth-order valence-corrected chi connectivity index (χ4v) is 5.32. The summed E-state index contributed by atoms with van der Waals surface area (Å²) in [6, 6.07) is 22.9. The van der Waals surface area contributed by atoms with Crippen LogP contribution < -0.4 is 9.64 Å². The molecular formula is C31H35ClN2O3. The highest BCUT2D eigenvalue weighted by molar-refractivity contribution is 6.30. The monoisotopic (exact) mass is 518 g/mol. The van der Waals surface area contributed by atoms with Gasteiger partial charge in [-0.15, -0.1) is 0 Å². The molecule has 0 aliphatic carbocycles. The molecule has 1 heterocycles. The van der Waals surface area contributed by atoms with E-state index in [0.29, 0.717) is 36.9 Å². The molecule has 3 aromatic carbocycles. The first-order chi connectivity index (χ1) is 17.8. The van der Waals surface area contributed by atoms with Crippen LogP contribution in [0.4, 0.5) is 5.69 Å². The molecule has 0 radical (unpaired) electrons. The molecule has 1 aliphatic rings. The first kappa shape index (κ1) is 26.7. The van der Waals surface area contributed by atoms with Gasteiger partial charge in [0.2, 0.25) is 11.8 Å². The molecule has 6 heteroatoms. The van der Waals surface area contributed by atoms with Crippen molar-refractivity contribution < 1.29 is 14.3 Å². The van der Waals surface area contributed by atoms with Gasteiger partial charge in [0.1, 0.15) is 5.75 Å². The Morgan fingerprint density at radius 3 is 2.41 bits per heavy atom. The maximum absolute atomic E-state index is 14.3. The molecule has 0 aromatic heterocycles. The number of benzene rings is 3. The Morgan fingerprint density at radius 1 is 1.08 bits per heavy atom.